The van der Waals surface area contributed by atoms with Crippen LogP contribution in [0.25, 0.3) is 0 Å². The van der Waals surface area contributed by atoms with Crippen LogP contribution in [-0.2, 0) is 21.1 Å². The fraction of sp³-hybridized carbons (Fsp3) is 0.417. The summed E-state index contributed by atoms with van der Waals surface area (Å²) in [6.07, 6.45) is 2.10. The SMILES string of the molecule is CCCCOc1cccc(N2C(=NC(=O)Cc3ccccc3OC)S[C@@H]3CS(=O)(=O)C[C@H]32)c1. The summed E-state index contributed by atoms with van der Waals surface area (Å²) in [5.41, 5.74) is 1.54. The lowest BCUT2D eigenvalue weighted by molar-refractivity contribution is -0.117. The Bertz CT molecular complexity index is 1150. The molecule has 0 saturated carbocycles. The first kappa shape index (κ1) is 23.6. The Kier molecular flexibility index (Phi) is 7.29. The second kappa shape index (κ2) is 10.2. The molecule has 2 aliphatic heterocycles. The van der Waals surface area contributed by atoms with Crippen LogP contribution in [0.5, 0.6) is 11.5 Å². The molecule has 9 heteroatoms. The first-order valence-corrected chi connectivity index (χ1v) is 13.7. The Morgan fingerprint density at radius 1 is 1.18 bits per heavy atom. The van der Waals surface area contributed by atoms with Crippen LogP contribution in [0.4, 0.5) is 5.69 Å². The lowest BCUT2D eigenvalue weighted by Crippen LogP contribution is -2.37. The van der Waals surface area contributed by atoms with Crippen molar-refractivity contribution in [3.63, 3.8) is 0 Å². The highest BCUT2D eigenvalue weighted by Crippen LogP contribution is 2.41. The Morgan fingerprint density at radius 2 is 2.00 bits per heavy atom. The summed E-state index contributed by atoms with van der Waals surface area (Å²) < 4.78 is 35.8. The molecule has 7 nitrogen and oxygen atoms in total. The molecule has 2 fully saturated rings. The number of nitrogens with zero attached hydrogens (tertiary/aromatic N) is 2. The summed E-state index contributed by atoms with van der Waals surface area (Å²) in [5.74, 6) is 1.19. The minimum absolute atomic E-state index is 0.0469. The number of carbonyl (C=O) groups is 1. The highest BCUT2D eigenvalue weighted by Gasteiger charge is 2.49. The number of hydrogen-bond donors (Lipinski definition) is 0. The number of anilines is 1. The van der Waals surface area contributed by atoms with Gasteiger partial charge < -0.3 is 14.4 Å². The summed E-state index contributed by atoms with van der Waals surface area (Å²) in [6, 6.07) is 14.7. The van der Waals surface area contributed by atoms with Crippen molar-refractivity contribution in [3.8, 4) is 11.5 Å². The second-order valence-electron chi connectivity index (χ2n) is 8.15. The van der Waals surface area contributed by atoms with Gasteiger partial charge in [0.15, 0.2) is 15.0 Å². The maximum absolute atomic E-state index is 12.9. The Labute approximate surface area is 199 Å². The molecule has 1 amide bonds. The third kappa shape index (κ3) is 5.52. The zero-order chi connectivity index (χ0) is 23.4. The Balaban J connectivity index is 1.61. The highest BCUT2D eigenvalue weighted by atomic mass is 32.2. The molecule has 2 heterocycles. The van der Waals surface area contributed by atoms with Gasteiger partial charge in [-0.15, -0.1) is 0 Å². The van der Waals surface area contributed by atoms with E-state index < -0.39 is 9.84 Å². The van der Waals surface area contributed by atoms with E-state index in [9.17, 15) is 13.2 Å². The van der Waals surface area contributed by atoms with Gasteiger partial charge in [0.25, 0.3) is 5.91 Å². The second-order valence-corrected chi connectivity index (χ2v) is 11.5. The van der Waals surface area contributed by atoms with Crippen molar-refractivity contribution >= 4 is 38.4 Å². The van der Waals surface area contributed by atoms with Gasteiger partial charge in [-0.05, 0) is 24.6 Å². The summed E-state index contributed by atoms with van der Waals surface area (Å²) in [6.45, 7) is 2.72. The first-order valence-electron chi connectivity index (χ1n) is 11.0. The maximum atomic E-state index is 12.9. The standard InChI is InChI=1S/C24H28N2O5S2/c1-3-4-12-31-19-10-7-9-18(14-19)26-20-15-33(28,29)16-22(20)32-24(26)25-23(27)13-17-8-5-6-11-21(17)30-2/h5-11,14,20,22H,3-4,12-13,15-16H2,1-2H3/t20-,22-/m1/s1. The van der Waals surface area contributed by atoms with E-state index in [0.29, 0.717) is 17.5 Å². The number of fused-ring (bicyclic) bond motifs is 1. The molecular weight excluding hydrogens is 460 g/mol. The molecule has 2 aliphatic rings. The van der Waals surface area contributed by atoms with Gasteiger partial charge in [0.05, 0.1) is 37.7 Å². The van der Waals surface area contributed by atoms with E-state index in [-0.39, 0.29) is 35.1 Å². The summed E-state index contributed by atoms with van der Waals surface area (Å²) in [4.78, 5) is 19.2. The van der Waals surface area contributed by atoms with Crippen molar-refractivity contribution < 1.29 is 22.7 Å². The van der Waals surface area contributed by atoms with Crippen LogP contribution in [0.3, 0.4) is 0 Å². The van der Waals surface area contributed by atoms with Crippen molar-refractivity contribution in [2.45, 2.75) is 37.5 Å². The van der Waals surface area contributed by atoms with E-state index in [1.54, 1.807) is 7.11 Å². The number of amidine groups is 1. The number of para-hydroxylation sites is 1. The molecule has 0 spiro atoms. The molecule has 0 unspecified atom stereocenters. The summed E-state index contributed by atoms with van der Waals surface area (Å²) in [5, 5.41) is 0.378. The number of ether oxygens (including phenoxy) is 2. The largest absolute Gasteiger partial charge is 0.496 e. The molecule has 2 aromatic rings. The van der Waals surface area contributed by atoms with Crippen molar-refractivity contribution in [3.05, 3.63) is 54.1 Å². The number of rotatable bonds is 8. The predicted octanol–water partition coefficient (Wildman–Crippen LogP) is 3.72. The zero-order valence-electron chi connectivity index (χ0n) is 18.8. The number of carbonyl (C=O) groups excluding carboxylic acids is 1. The van der Waals surface area contributed by atoms with Crippen LogP contribution in [0.1, 0.15) is 25.3 Å². The van der Waals surface area contributed by atoms with Gasteiger partial charge in [-0.1, -0.05) is 49.4 Å². The average Bonchev–Trinajstić information content (AvgIpc) is 3.25. The molecule has 0 radical (unpaired) electrons. The zero-order valence-corrected chi connectivity index (χ0v) is 20.4. The van der Waals surface area contributed by atoms with Crippen molar-refractivity contribution in [1.82, 2.24) is 0 Å². The average molecular weight is 489 g/mol. The smallest absolute Gasteiger partial charge is 0.252 e. The van der Waals surface area contributed by atoms with Crippen molar-refractivity contribution in [1.29, 1.82) is 0 Å². The van der Waals surface area contributed by atoms with Crippen LogP contribution < -0.4 is 14.4 Å². The van der Waals surface area contributed by atoms with Crippen LogP contribution in [-0.4, -0.2) is 56.0 Å². The number of thioether (sulfide) groups is 1. The molecule has 2 atom stereocenters. The number of sulfone groups is 1. The molecule has 0 aliphatic carbocycles. The fourth-order valence-corrected chi connectivity index (χ4v) is 8.01. The molecular formula is C24H28N2O5S2. The lowest BCUT2D eigenvalue weighted by Gasteiger charge is -2.25. The van der Waals surface area contributed by atoms with Crippen LogP contribution in [0.15, 0.2) is 53.5 Å². The van der Waals surface area contributed by atoms with Crippen LogP contribution in [0, 0.1) is 0 Å². The highest BCUT2D eigenvalue weighted by molar-refractivity contribution is 8.16. The van der Waals surface area contributed by atoms with Crippen molar-refractivity contribution in [2.24, 2.45) is 4.99 Å². The number of amides is 1. The minimum atomic E-state index is -3.13. The van der Waals surface area contributed by atoms with E-state index in [1.165, 1.54) is 11.8 Å². The Hall–Kier alpha value is -2.52. The molecule has 176 valence electrons. The van der Waals surface area contributed by atoms with E-state index in [4.69, 9.17) is 9.47 Å². The minimum Gasteiger partial charge on any atom is -0.496 e. The third-order valence-corrected chi connectivity index (χ3v) is 8.89. The molecule has 4 rings (SSSR count). The number of benzene rings is 2. The first-order chi connectivity index (χ1) is 15.9. The molecule has 0 aromatic heterocycles. The van der Waals surface area contributed by atoms with E-state index in [0.717, 1.165) is 29.8 Å². The topological polar surface area (TPSA) is 85.3 Å². The number of aliphatic imine (C=N–C) groups is 1. The van der Waals surface area contributed by atoms with E-state index in [2.05, 4.69) is 11.9 Å². The molecule has 0 N–H and O–H groups in total. The van der Waals surface area contributed by atoms with Gasteiger partial charge in [-0.2, -0.15) is 4.99 Å². The molecule has 2 aromatic carbocycles. The number of methoxy groups -OCH3 is 1. The van der Waals surface area contributed by atoms with Gasteiger partial charge >= 0.3 is 0 Å². The van der Waals surface area contributed by atoms with Gasteiger partial charge in [-0.25, -0.2) is 8.42 Å². The quantitative estimate of drug-likeness (QED) is 0.524. The normalized spacial score (nSPS) is 22.4. The van der Waals surface area contributed by atoms with E-state index in [1.807, 2.05) is 53.4 Å². The Morgan fingerprint density at radius 3 is 2.79 bits per heavy atom. The van der Waals surface area contributed by atoms with Gasteiger partial charge in [-0.3, -0.25) is 4.79 Å². The summed E-state index contributed by atoms with van der Waals surface area (Å²) in [7, 11) is -1.56. The van der Waals surface area contributed by atoms with Crippen LogP contribution in [0.2, 0.25) is 0 Å². The maximum Gasteiger partial charge on any atom is 0.252 e. The lowest BCUT2D eigenvalue weighted by atomic mass is 10.1. The van der Waals surface area contributed by atoms with Gasteiger partial charge in [0.1, 0.15) is 11.5 Å². The van der Waals surface area contributed by atoms with Crippen LogP contribution >= 0.6 is 11.8 Å². The fourth-order valence-electron chi connectivity index (χ4n) is 4.08. The third-order valence-electron chi connectivity index (χ3n) is 5.68. The van der Waals surface area contributed by atoms with E-state index >= 15 is 0 Å². The van der Waals surface area contributed by atoms with Crippen molar-refractivity contribution in [2.75, 3.05) is 30.1 Å². The predicted molar refractivity (Wildman–Crippen MR) is 132 cm³/mol. The monoisotopic (exact) mass is 488 g/mol. The molecule has 2 saturated heterocycles. The van der Waals surface area contributed by atoms with Gasteiger partial charge in [0, 0.05) is 22.6 Å². The number of unbranched alkanes of at least 4 members (excludes halogenated alkanes) is 1. The van der Waals surface area contributed by atoms with Gasteiger partial charge in [0.2, 0.25) is 0 Å². The molecule has 33 heavy (non-hydrogen) atoms. The molecule has 0 bridgehead atoms. The number of hydrogen-bond acceptors (Lipinski definition) is 6. The summed E-state index contributed by atoms with van der Waals surface area (Å²) >= 11 is 1.37.